The van der Waals surface area contributed by atoms with Gasteiger partial charge in [-0.2, -0.15) is 8.42 Å². The third-order valence-corrected chi connectivity index (χ3v) is 4.35. The molecule has 0 atom stereocenters. The van der Waals surface area contributed by atoms with E-state index in [1.807, 2.05) is 6.92 Å². The lowest BCUT2D eigenvalue weighted by Crippen LogP contribution is -2.10. The number of halogens is 1. The summed E-state index contributed by atoms with van der Waals surface area (Å²) in [5.41, 5.74) is 1.11. The van der Waals surface area contributed by atoms with Gasteiger partial charge in [0.25, 0.3) is 0 Å². The molecule has 0 bridgehead atoms. The summed E-state index contributed by atoms with van der Waals surface area (Å²) in [7, 11) is -3.95. The summed E-state index contributed by atoms with van der Waals surface area (Å²) < 4.78 is 29.9. The van der Waals surface area contributed by atoms with E-state index in [1.54, 1.807) is 18.2 Å². The van der Waals surface area contributed by atoms with Crippen molar-refractivity contribution in [3.63, 3.8) is 0 Å². The van der Waals surface area contributed by atoms with Gasteiger partial charge in [0.1, 0.15) is 4.90 Å². The van der Waals surface area contributed by atoms with E-state index in [2.05, 4.69) is 15.9 Å². The van der Waals surface area contributed by atoms with Gasteiger partial charge < -0.3 is 4.18 Å². The highest BCUT2D eigenvalue weighted by Crippen LogP contribution is 2.25. The fourth-order valence-corrected chi connectivity index (χ4v) is 2.89. The van der Waals surface area contributed by atoms with Crippen LogP contribution < -0.4 is 4.18 Å². The van der Waals surface area contributed by atoms with Crippen LogP contribution in [0, 0.1) is 6.92 Å². The molecule has 0 saturated carbocycles. The molecule has 2 rings (SSSR count). The van der Waals surface area contributed by atoms with Gasteiger partial charge in [-0.25, -0.2) is 0 Å². The van der Waals surface area contributed by atoms with Crippen LogP contribution in [0.1, 0.15) is 15.9 Å². The number of benzene rings is 2. The lowest BCUT2D eigenvalue weighted by Gasteiger charge is -2.09. The number of carbonyl (C=O) groups is 1. The second kappa shape index (κ2) is 5.76. The zero-order valence-electron chi connectivity index (χ0n) is 10.5. The molecule has 2 aromatic rings. The van der Waals surface area contributed by atoms with Crippen molar-refractivity contribution in [3.05, 3.63) is 58.1 Å². The van der Waals surface area contributed by atoms with E-state index >= 15 is 0 Å². The maximum Gasteiger partial charge on any atom is 0.339 e. The average Bonchev–Trinajstić information content (AvgIpc) is 2.41. The molecule has 0 unspecified atom stereocenters. The van der Waals surface area contributed by atoms with E-state index in [1.165, 1.54) is 24.3 Å². The Morgan fingerprint density at radius 1 is 1.10 bits per heavy atom. The van der Waals surface area contributed by atoms with Crippen LogP contribution in [-0.2, 0) is 10.1 Å². The van der Waals surface area contributed by atoms with Crippen molar-refractivity contribution < 1.29 is 17.4 Å². The van der Waals surface area contributed by atoms with Crippen LogP contribution in [-0.4, -0.2) is 14.7 Å². The van der Waals surface area contributed by atoms with Crippen LogP contribution in [0.5, 0.6) is 5.75 Å². The molecule has 0 N–H and O–H groups in total. The number of aryl methyl sites for hydroxylation is 1. The molecule has 0 radical (unpaired) electrons. The lowest BCUT2D eigenvalue weighted by atomic mass is 10.2. The van der Waals surface area contributed by atoms with Gasteiger partial charge in [0.2, 0.25) is 0 Å². The van der Waals surface area contributed by atoms with Gasteiger partial charge in [-0.05, 0) is 37.3 Å². The fraction of sp³-hybridized carbons (Fsp3) is 0.0714. The van der Waals surface area contributed by atoms with Gasteiger partial charge in [-0.1, -0.05) is 33.6 Å². The van der Waals surface area contributed by atoms with Crippen molar-refractivity contribution in [3.8, 4) is 5.75 Å². The molecule has 0 amide bonds. The highest BCUT2D eigenvalue weighted by Gasteiger charge is 2.18. The molecule has 0 aliphatic rings. The summed E-state index contributed by atoms with van der Waals surface area (Å²) in [4.78, 5) is 11.0. The number of aldehydes is 1. The molecule has 0 aliphatic heterocycles. The Hall–Kier alpha value is -1.66. The van der Waals surface area contributed by atoms with Crippen molar-refractivity contribution in [1.82, 2.24) is 0 Å². The van der Waals surface area contributed by atoms with E-state index < -0.39 is 10.1 Å². The standard InChI is InChI=1S/C14H11BrO4S/c1-10-2-5-13(6-3-10)20(17,18)19-14-7-4-12(15)8-11(14)9-16/h2-9H,1H3. The summed E-state index contributed by atoms with van der Waals surface area (Å²) in [6, 6.07) is 10.8. The molecule has 0 spiro atoms. The third-order valence-electron chi connectivity index (χ3n) is 2.61. The molecule has 104 valence electrons. The molecule has 0 aliphatic carbocycles. The normalized spacial score (nSPS) is 11.1. The summed E-state index contributed by atoms with van der Waals surface area (Å²) in [6.45, 7) is 1.86. The second-order valence-corrected chi connectivity index (χ2v) is 6.61. The molecule has 0 aromatic heterocycles. The Morgan fingerprint density at radius 2 is 1.75 bits per heavy atom. The SMILES string of the molecule is Cc1ccc(S(=O)(=O)Oc2ccc(Br)cc2C=O)cc1. The monoisotopic (exact) mass is 354 g/mol. The van der Waals surface area contributed by atoms with Crippen LogP contribution >= 0.6 is 15.9 Å². The van der Waals surface area contributed by atoms with Crippen molar-refractivity contribution in [2.45, 2.75) is 11.8 Å². The highest BCUT2D eigenvalue weighted by molar-refractivity contribution is 9.10. The van der Waals surface area contributed by atoms with E-state index in [4.69, 9.17) is 4.18 Å². The van der Waals surface area contributed by atoms with Crippen molar-refractivity contribution in [2.75, 3.05) is 0 Å². The molecule has 2 aromatic carbocycles. The number of rotatable bonds is 4. The van der Waals surface area contributed by atoms with Crippen LogP contribution in [0.3, 0.4) is 0 Å². The fourth-order valence-electron chi connectivity index (χ4n) is 1.56. The van der Waals surface area contributed by atoms with E-state index in [0.29, 0.717) is 10.8 Å². The van der Waals surface area contributed by atoms with E-state index in [-0.39, 0.29) is 16.2 Å². The molecule has 20 heavy (non-hydrogen) atoms. The Morgan fingerprint density at radius 3 is 2.35 bits per heavy atom. The smallest absolute Gasteiger partial charge is 0.339 e. The predicted molar refractivity (Wildman–Crippen MR) is 78.5 cm³/mol. The first-order valence-electron chi connectivity index (χ1n) is 5.68. The van der Waals surface area contributed by atoms with Gasteiger partial charge in [-0.3, -0.25) is 4.79 Å². The minimum Gasteiger partial charge on any atom is -0.378 e. The van der Waals surface area contributed by atoms with Crippen LogP contribution in [0.2, 0.25) is 0 Å². The molecular weight excluding hydrogens is 344 g/mol. The maximum absolute atomic E-state index is 12.1. The van der Waals surface area contributed by atoms with Crippen LogP contribution in [0.15, 0.2) is 51.8 Å². The summed E-state index contributed by atoms with van der Waals surface area (Å²) in [5.74, 6) is 0.00350. The van der Waals surface area contributed by atoms with Crippen molar-refractivity contribution in [2.24, 2.45) is 0 Å². The van der Waals surface area contributed by atoms with Crippen LogP contribution in [0.25, 0.3) is 0 Å². The van der Waals surface area contributed by atoms with Gasteiger partial charge in [-0.15, -0.1) is 0 Å². The van der Waals surface area contributed by atoms with Gasteiger partial charge in [0.15, 0.2) is 12.0 Å². The Balaban J connectivity index is 2.38. The number of hydrogen-bond donors (Lipinski definition) is 0. The maximum atomic E-state index is 12.1. The molecule has 4 nitrogen and oxygen atoms in total. The molecule has 0 saturated heterocycles. The molecular formula is C14H11BrO4S. The quantitative estimate of drug-likeness (QED) is 0.624. The predicted octanol–water partition coefficient (Wildman–Crippen LogP) is 3.34. The van der Waals surface area contributed by atoms with Crippen molar-refractivity contribution >= 4 is 32.3 Å². The largest absolute Gasteiger partial charge is 0.378 e. The molecule has 6 heteroatoms. The minimum atomic E-state index is -3.95. The Kier molecular flexibility index (Phi) is 4.25. The molecule has 0 heterocycles. The van der Waals surface area contributed by atoms with Crippen LogP contribution in [0.4, 0.5) is 0 Å². The molecule has 0 fully saturated rings. The van der Waals surface area contributed by atoms with Crippen molar-refractivity contribution in [1.29, 1.82) is 0 Å². The minimum absolute atomic E-state index is 0.00350. The lowest BCUT2D eigenvalue weighted by molar-refractivity contribution is 0.112. The topological polar surface area (TPSA) is 60.4 Å². The summed E-state index contributed by atoms with van der Waals surface area (Å²) in [5, 5.41) is 0. The zero-order chi connectivity index (χ0) is 14.8. The first kappa shape index (κ1) is 14.7. The average molecular weight is 355 g/mol. The number of carbonyl (C=O) groups excluding carboxylic acids is 1. The first-order valence-corrected chi connectivity index (χ1v) is 7.88. The number of hydrogen-bond acceptors (Lipinski definition) is 4. The highest BCUT2D eigenvalue weighted by atomic mass is 79.9. The zero-order valence-corrected chi connectivity index (χ0v) is 12.9. The Labute approximate surface area is 125 Å². The van der Waals surface area contributed by atoms with E-state index in [0.717, 1.165) is 5.56 Å². The van der Waals surface area contributed by atoms with E-state index in [9.17, 15) is 13.2 Å². The third kappa shape index (κ3) is 3.26. The van der Waals surface area contributed by atoms with Gasteiger partial charge in [0, 0.05) is 4.47 Å². The Bertz CT molecular complexity index is 736. The van der Waals surface area contributed by atoms with Gasteiger partial charge >= 0.3 is 10.1 Å². The second-order valence-electron chi connectivity index (χ2n) is 4.15. The summed E-state index contributed by atoms with van der Waals surface area (Å²) >= 11 is 3.21. The summed E-state index contributed by atoms with van der Waals surface area (Å²) in [6.07, 6.45) is 0.546. The van der Waals surface area contributed by atoms with Gasteiger partial charge in [0.05, 0.1) is 5.56 Å². The first-order chi connectivity index (χ1) is 9.42.